The summed E-state index contributed by atoms with van der Waals surface area (Å²) in [7, 11) is 0. The summed E-state index contributed by atoms with van der Waals surface area (Å²) in [6, 6.07) is 0. The van der Waals surface area contributed by atoms with Gasteiger partial charge in [0.05, 0.1) is 0 Å². The monoisotopic (exact) mass is 165 g/mol. The van der Waals surface area contributed by atoms with Crippen LogP contribution in [0.5, 0.6) is 0 Å². The van der Waals surface area contributed by atoms with Crippen LogP contribution in [0, 0.1) is 0 Å². The van der Waals surface area contributed by atoms with Gasteiger partial charge in [-0.1, -0.05) is 26.2 Å². The van der Waals surface area contributed by atoms with E-state index in [2.05, 4.69) is 6.92 Å². The summed E-state index contributed by atoms with van der Waals surface area (Å²) in [5, 5.41) is 0. The Morgan fingerprint density at radius 2 is 1.89 bits per heavy atom. The predicted octanol–water partition coefficient (Wildman–Crippen LogP) is 2.15. The van der Waals surface area contributed by atoms with E-state index in [9.17, 15) is 4.79 Å². The fourth-order valence-corrected chi connectivity index (χ4v) is 0.654. The van der Waals surface area contributed by atoms with E-state index >= 15 is 0 Å². The second kappa shape index (κ2) is 11.1. The van der Waals surface area contributed by atoms with Gasteiger partial charge in [0.2, 0.25) is 0 Å². The number of carbonyl (C=O) groups is 1. The third-order valence-electron chi connectivity index (χ3n) is 1.18. The maximum Gasteiger partial charge on any atom is 0.119 e. The van der Waals surface area contributed by atoms with Crippen LogP contribution in [-0.4, -0.2) is 6.29 Å². The maximum atomic E-state index is 9.77. The zero-order chi connectivity index (χ0) is 6.24. The minimum absolute atomic E-state index is 0. The Morgan fingerprint density at radius 1 is 1.22 bits per heavy atom. The van der Waals surface area contributed by atoms with Gasteiger partial charge in [-0.15, -0.1) is 0 Å². The van der Waals surface area contributed by atoms with Gasteiger partial charge in [-0.05, 0) is 6.42 Å². The van der Waals surface area contributed by atoms with Crippen molar-refractivity contribution >= 4 is 6.29 Å². The van der Waals surface area contributed by atoms with Gasteiger partial charge in [-0.25, -0.2) is 0 Å². The molecule has 0 atom stereocenters. The quantitative estimate of drug-likeness (QED) is 0.450. The van der Waals surface area contributed by atoms with Crippen LogP contribution in [0.1, 0.15) is 39.0 Å². The van der Waals surface area contributed by atoms with Crippen molar-refractivity contribution in [3.8, 4) is 0 Å². The normalized spacial score (nSPS) is 8.11. The minimum Gasteiger partial charge on any atom is -0.303 e. The maximum absolute atomic E-state index is 9.77. The molecule has 0 N–H and O–H groups in total. The molecule has 9 heavy (non-hydrogen) atoms. The van der Waals surface area contributed by atoms with Gasteiger partial charge in [0.1, 0.15) is 6.29 Å². The van der Waals surface area contributed by atoms with Crippen LogP contribution in [0.15, 0.2) is 0 Å². The van der Waals surface area contributed by atoms with Crippen LogP contribution in [0.4, 0.5) is 0 Å². The molecule has 0 saturated carbocycles. The molecule has 0 heterocycles. The zero-order valence-corrected chi connectivity index (χ0v) is 7.37. The number of unbranched alkanes of at least 4 members (excludes halogenated alkanes) is 4. The van der Waals surface area contributed by atoms with Crippen LogP contribution in [0.25, 0.3) is 0 Å². The predicted molar refractivity (Wildman–Crippen MR) is 34.8 cm³/mol. The van der Waals surface area contributed by atoms with Crippen molar-refractivity contribution in [2.75, 3.05) is 0 Å². The first kappa shape index (κ1) is 12.0. The topological polar surface area (TPSA) is 17.1 Å². The van der Waals surface area contributed by atoms with E-state index in [4.69, 9.17) is 0 Å². The molecule has 0 spiro atoms. The number of rotatable bonds is 5. The van der Waals surface area contributed by atoms with Crippen LogP contribution >= 0.6 is 0 Å². The first-order chi connectivity index (χ1) is 3.91. The Balaban J connectivity index is 0. The molecule has 2 heteroatoms. The van der Waals surface area contributed by atoms with E-state index in [1.165, 1.54) is 19.3 Å². The zero-order valence-electron chi connectivity index (χ0n) is 5.97. The molecule has 0 rings (SSSR count). The number of hydrogen-bond donors (Lipinski definition) is 0. The summed E-state index contributed by atoms with van der Waals surface area (Å²) in [4.78, 5) is 9.77. The van der Waals surface area contributed by atoms with Gasteiger partial charge in [0, 0.05) is 25.0 Å². The molecule has 0 amide bonds. The summed E-state index contributed by atoms with van der Waals surface area (Å²) in [6.07, 6.45) is 6.56. The molecule has 0 aliphatic heterocycles. The van der Waals surface area contributed by atoms with Crippen molar-refractivity contribution in [2.45, 2.75) is 39.0 Å². The van der Waals surface area contributed by atoms with E-state index in [1.807, 2.05) is 0 Å². The van der Waals surface area contributed by atoms with Crippen molar-refractivity contribution in [1.82, 2.24) is 0 Å². The Hall–Kier alpha value is 0.254. The summed E-state index contributed by atoms with van der Waals surface area (Å²) in [6.45, 7) is 2.17. The molecule has 0 aliphatic carbocycles. The minimum atomic E-state index is 0. The van der Waals surface area contributed by atoms with Crippen molar-refractivity contribution in [3.63, 3.8) is 0 Å². The van der Waals surface area contributed by atoms with Gasteiger partial charge >= 0.3 is 0 Å². The van der Waals surface area contributed by atoms with Gasteiger partial charge in [0.15, 0.2) is 0 Å². The standard InChI is InChI=1S/C7H14O.V/c1-2-3-4-5-6-7-8;/h7H,2-6H2,1H3;. The molecular weight excluding hydrogens is 151 g/mol. The average Bonchev–Trinajstić information content (AvgIpc) is 1.81. The molecule has 0 saturated heterocycles. The van der Waals surface area contributed by atoms with Crippen LogP contribution in [0.2, 0.25) is 0 Å². The molecule has 53 valence electrons. The van der Waals surface area contributed by atoms with Crippen molar-refractivity contribution in [3.05, 3.63) is 0 Å². The molecule has 0 aliphatic rings. The van der Waals surface area contributed by atoms with Gasteiger partial charge < -0.3 is 4.79 Å². The van der Waals surface area contributed by atoms with E-state index < -0.39 is 0 Å². The largest absolute Gasteiger partial charge is 0.303 e. The first-order valence-electron chi connectivity index (χ1n) is 3.35. The van der Waals surface area contributed by atoms with Gasteiger partial charge in [0.25, 0.3) is 0 Å². The fourth-order valence-electron chi connectivity index (χ4n) is 0.654. The third-order valence-corrected chi connectivity index (χ3v) is 1.18. The Kier molecular flexibility index (Phi) is 14.8. The molecule has 0 aromatic heterocycles. The smallest absolute Gasteiger partial charge is 0.119 e. The van der Waals surface area contributed by atoms with Gasteiger partial charge in [-0.2, -0.15) is 0 Å². The van der Waals surface area contributed by atoms with Crippen molar-refractivity contribution < 1.29 is 23.4 Å². The average molecular weight is 165 g/mol. The summed E-state index contributed by atoms with van der Waals surface area (Å²) in [5.41, 5.74) is 0. The Bertz CT molecular complexity index is 54.9. The van der Waals surface area contributed by atoms with Crippen LogP contribution in [-0.2, 0) is 23.4 Å². The third kappa shape index (κ3) is 11.7. The second-order valence-electron chi connectivity index (χ2n) is 2.02. The molecular formula is C7H14OV. The molecule has 0 unspecified atom stereocenters. The summed E-state index contributed by atoms with van der Waals surface area (Å²) >= 11 is 0. The molecule has 0 bridgehead atoms. The van der Waals surface area contributed by atoms with E-state index in [0.29, 0.717) is 0 Å². The van der Waals surface area contributed by atoms with E-state index in [0.717, 1.165) is 19.1 Å². The molecule has 0 aromatic rings. The Morgan fingerprint density at radius 3 is 2.33 bits per heavy atom. The summed E-state index contributed by atoms with van der Waals surface area (Å²) in [5.74, 6) is 0. The van der Waals surface area contributed by atoms with Crippen molar-refractivity contribution in [1.29, 1.82) is 0 Å². The number of carbonyl (C=O) groups excluding carboxylic acids is 1. The summed E-state index contributed by atoms with van der Waals surface area (Å²) < 4.78 is 0. The molecule has 1 radical (unpaired) electrons. The number of hydrogen-bond acceptors (Lipinski definition) is 1. The van der Waals surface area contributed by atoms with Crippen LogP contribution < -0.4 is 0 Å². The molecule has 0 aromatic carbocycles. The van der Waals surface area contributed by atoms with Crippen LogP contribution in [0.3, 0.4) is 0 Å². The molecule has 0 fully saturated rings. The molecule has 1 nitrogen and oxygen atoms in total. The van der Waals surface area contributed by atoms with Gasteiger partial charge in [-0.3, -0.25) is 0 Å². The second-order valence-corrected chi connectivity index (χ2v) is 2.02. The Labute approximate surface area is 69.1 Å². The van der Waals surface area contributed by atoms with E-state index in [1.54, 1.807) is 0 Å². The van der Waals surface area contributed by atoms with E-state index in [-0.39, 0.29) is 18.6 Å². The number of aldehydes is 1. The fraction of sp³-hybridized carbons (Fsp3) is 0.857. The SMILES string of the molecule is CCCCCCC=O.[V]. The van der Waals surface area contributed by atoms with Crippen molar-refractivity contribution in [2.24, 2.45) is 0 Å². The first-order valence-corrected chi connectivity index (χ1v) is 3.35.